The van der Waals surface area contributed by atoms with Gasteiger partial charge in [-0.3, -0.25) is 9.59 Å². The van der Waals surface area contributed by atoms with Crippen molar-refractivity contribution in [2.75, 3.05) is 13.6 Å². The van der Waals surface area contributed by atoms with E-state index in [1.807, 2.05) is 37.6 Å². The van der Waals surface area contributed by atoms with E-state index < -0.39 is 5.41 Å². The summed E-state index contributed by atoms with van der Waals surface area (Å²) in [6.45, 7) is 6.09. The van der Waals surface area contributed by atoms with Gasteiger partial charge < -0.3 is 10.2 Å². The number of carbonyl (C=O) groups excluding carboxylic acids is 2. The highest BCUT2D eigenvalue weighted by molar-refractivity contribution is 7.07. The molecule has 18 heavy (non-hydrogen) atoms. The molecule has 1 aromatic heterocycles. The molecule has 0 aromatic carbocycles. The number of likely N-dealkylation sites (N-methyl/N-ethyl adjacent to an activating group) is 1. The van der Waals surface area contributed by atoms with E-state index in [9.17, 15) is 9.59 Å². The molecule has 0 atom stereocenters. The molecule has 0 fully saturated rings. The van der Waals surface area contributed by atoms with Crippen LogP contribution in [0.25, 0.3) is 0 Å². The van der Waals surface area contributed by atoms with Crippen molar-refractivity contribution >= 4 is 23.2 Å². The second-order valence-electron chi connectivity index (χ2n) is 5.31. The fourth-order valence-electron chi connectivity index (χ4n) is 1.30. The van der Waals surface area contributed by atoms with Crippen molar-refractivity contribution < 1.29 is 9.59 Å². The number of hydrogen-bond donors (Lipinski definition) is 1. The molecular formula is C13H20N2O2S. The smallest absolute Gasteiger partial charge is 0.242 e. The van der Waals surface area contributed by atoms with Gasteiger partial charge in [-0.05, 0) is 22.4 Å². The average molecular weight is 268 g/mol. The van der Waals surface area contributed by atoms with Crippen LogP contribution >= 0.6 is 11.3 Å². The van der Waals surface area contributed by atoms with Gasteiger partial charge in [0.25, 0.3) is 0 Å². The van der Waals surface area contributed by atoms with Crippen LogP contribution in [0, 0.1) is 5.41 Å². The van der Waals surface area contributed by atoms with Gasteiger partial charge in [0.2, 0.25) is 11.8 Å². The van der Waals surface area contributed by atoms with Gasteiger partial charge in [-0.2, -0.15) is 11.3 Å². The number of nitrogens with one attached hydrogen (secondary N) is 1. The van der Waals surface area contributed by atoms with E-state index in [-0.39, 0.29) is 18.4 Å². The molecule has 1 heterocycles. The van der Waals surface area contributed by atoms with Crippen molar-refractivity contribution in [1.82, 2.24) is 10.2 Å². The van der Waals surface area contributed by atoms with Gasteiger partial charge in [0.15, 0.2) is 0 Å². The number of rotatable bonds is 4. The third-order valence-electron chi connectivity index (χ3n) is 2.51. The maximum atomic E-state index is 11.8. The molecule has 0 unspecified atom stereocenters. The summed E-state index contributed by atoms with van der Waals surface area (Å²) in [5.74, 6) is -0.196. The average Bonchev–Trinajstić information content (AvgIpc) is 2.76. The van der Waals surface area contributed by atoms with Crippen LogP contribution in [0.1, 0.15) is 26.3 Å². The van der Waals surface area contributed by atoms with E-state index >= 15 is 0 Å². The Balaban J connectivity index is 2.39. The van der Waals surface area contributed by atoms with E-state index in [0.29, 0.717) is 6.54 Å². The molecule has 0 bridgehead atoms. The first-order chi connectivity index (χ1) is 8.30. The molecule has 100 valence electrons. The standard InChI is InChI=1S/C13H20N2O2S/c1-13(2,3)12(17)14-7-11(16)15(4)8-10-5-6-18-9-10/h5-6,9H,7-8H2,1-4H3,(H,14,17). The first-order valence-electron chi connectivity index (χ1n) is 5.84. The number of carbonyl (C=O) groups is 2. The fraction of sp³-hybridized carbons (Fsp3) is 0.538. The maximum Gasteiger partial charge on any atom is 0.242 e. The van der Waals surface area contributed by atoms with E-state index in [1.54, 1.807) is 23.3 Å². The lowest BCUT2D eigenvalue weighted by Gasteiger charge is -2.20. The molecule has 1 N–H and O–H groups in total. The van der Waals surface area contributed by atoms with Gasteiger partial charge in [0.05, 0.1) is 6.54 Å². The highest BCUT2D eigenvalue weighted by atomic mass is 32.1. The Hall–Kier alpha value is -1.36. The zero-order chi connectivity index (χ0) is 13.8. The highest BCUT2D eigenvalue weighted by Crippen LogP contribution is 2.12. The molecule has 0 aliphatic carbocycles. The second-order valence-corrected chi connectivity index (χ2v) is 6.09. The summed E-state index contributed by atoms with van der Waals surface area (Å²) in [6.07, 6.45) is 0. The summed E-state index contributed by atoms with van der Waals surface area (Å²) >= 11 is 1.61. The van der Waals surface area contributed by atoms with E-state index in [0.717, 1.165) is 5.56 Å². The lowest BCUT2D eigenvalue weighted by atomic mass is 9.96. The molecule has 0 saturated heterocycles. The van der Waals surface area contributed by atoms with Gasteiger partial charge in [0, 0.05) is 19.0 Å². The number of nitrogens with zero attached hydrogens (tertiary/aromatic N) is 1. The summed E-state index contributed by atoms with van der Waals surface area (Å²) < 4.78 is 0. The number of hydrogen-bond acceptors (Lipinski definition) is 3. The molecule has 0 saturated carbocycles. The molecule has 0 aliphatic heterocycles. The second kappa shape index (κ2) is 6.00. The van der Waals surface area contributed by atoms with E-state index in [1.165, 1.54) is 0 Å². The normalized spacial score (nSPS) is 11.1. The topological polar surface area (TPSA) is 49.4 Å². The molecule has 1 rings (SSSR count). The summed E-state index contributed by atoms with van der Waals surface area (Å²) in [7, 11) is 1.74. The summed E-state index contributed by atoms with van der Waals surface area (Å²) in [5.41, 5.74) is 0.643. The molecule has 0 spiro atoms. The largest absolute Gasteiger partial charge is 0.347 e. The van der Waals surface area contributed by atoms with Gasteiger partial charge in [-0.1, -0.05) is 20.8 Å². The minimum atomic E-state index is -0.466. The van der Waals surface area contributed by atoms with E-state index in [4.69, 9.17) is 0 Å². The molecule has 1 aromatic rings. The van der Waals surface area contributed by atoms with E-state index in [2.05, 4.69) is 5.32 Å². The molecule has 0 aliphatic rings. The molecule has 0 radical (unpaired) electrons. The lowest BCUT2D eigenvalue weighted by Crippen LogP contribution is -2.42. The van der Waals surface area contributed by atoms with Crippen molar-refractivity contribution in [3.05, 3.63) is 22.4 Å². The summed E-state index contributed by atoms with van der Waals surface area (Å²) in [5, 5.41) is 6.65. The molecule has 5 heteroatoms. The van der Waals surface area contributed by atoms with Crippen molar-refractivity contribution in [1.29, 1.82) is 0 Å². The zero-order valence-electron chi connectivity index (χ0n) is 11.3. The van der Waals surface area contributed by atoms with Gasteiger partial charge in [-0.25, -0.2) is 0 Å². The summed E-state index contributed by atoms with van der Waals surface area (Å²) in [4.78, 5) is 25.1. The predicted molar refractivity (Wildman–Crippen MR) is 73.3 cm³/mol. The maximum absolute atomic E-state index is 11.8. The molecular weight excluding hydrogens is 248 g/mol. The molecule has 2 amide bonds. The molecule has 4 nitrogen and oxygen atoms in total. The minimum Gasteiger partial charge on any atom is -0.347 e. The first kappa shape index (κ1) is 14.7. The van der Waals surface area contributed by atoms with Crippen molar-refractivity contribution in [2.24, 2.45) is 5.41 Å². The third kappa shape index (κ3) is 4.49. The van der Waals surface area contributed by atoms with Crippen LogP contribution in [0.2, 0.25) is 0 Å². The van der Waals surface area contributed by atoms with Crippen LogP contribution in [-0.4, -0.2) is 30.3 Å². The Morgan fingerprint density at radius 3 is 2.56 bits per heavy atom. The van der Waals surface area contributed by atoms with Crippen LogP contribution in [0.3, 0.4) is 0 Å². The van der Waals surface area contributed by atoms with Crippen LogP contribution in [0.5, 0.6) is 0 Å². The first-order valence-corrected chi connectivity index (χ1v) is 6.78. The van der Waals surface area contributed by atoms with Gasteiger partial charge in [0.1, 0.15) is 0 Å². The van der Waals surface area contributed by atoms with Crippen LogP contribution in [0.4, 0.5) is 0 Å². The highest BCUT2D eigenvalue weighted by Gasteiger charge is 2.22. The Bertz CT molecular complexity index is 407. The van der Waals surface area contributed by atoms with Crippen molar-refractivity contribution in [3.8, 4) is 0 Å². The number of amides is 2. The monoisotopic (exact) mass is 268 g/mol. The van der Waals surface area contributed by atoms with Crippen LogP contribution in [0.15, 0.2) is 16.8 Å². The van der Waals surface area contributed by atoms with Crippen molar-refractivity contribution in [2.45, 2.75) is 27.3 Å². The van der Waals surface area contributed by atoms with Crippen LogP contribution in [-0.2, 0) is 16.1 Å². The fourth-order valence-corrected chi connectivity index (χ4v) is 1.96. The Kier molecular flexibility index (Phi) is 4.90. The quantitative estimate of drug-likeness (QED) is 0.906. The minimum absolute atomic E-state index is 0.0523. The van der Waals surface area contributed by atoms with Gasteiger partial charge in [-0.15, -0.1) is 0 Å². The third-order valence-corrected chi connectivity index (χ3v) is 3.24. The SMILES string of the molecule is CN(Cc1ccsc1)C(=O)CNC(=O)C(C)(C)C. The van der Waals surface area contributed by atoms with Crippen LogP contribution < -0.4 is 5.32 Å². The Morgan fingerprint density at radius 2 is 2.06 bits per heavy atom. The predicted octanol–water partition coefficient (Wildman–Crippen LogP) is 1.87. The Labute approximate surface area is 112 Å². The zero-order valence-corrected chi connectivity index (χ0v) is 12.1. The summed E-state index contributed by atoms with van der Waals surface area (Å²) in [6, 6.07) is 1.99. The van der Waals surface area contributed by atoms with Gasteiger partial charge >= 0.3 is 0 Å². The Morgan fingerprint density at radius 1 is 1.39 bits per heavy atom. The number of thiophene rings is 1. The lowest BCUT2D eigenvalue weighted by molar-refractivity contribution is -0.134. The van der Waals surface area contributed by atoms with Crippen molar-refractivity contribution in [3.63, 3.8) is 0 Å².